The number of hydrogen-bond acceptors (Lipinski definition) is 4. The molecule has 4 rings (SSSR count). The number of nitrogens with zero attached hydrogens (tertiary/aromatic N) is 3. The van der Waals surface area contributed by atoms with Crippen LogP contribution >= 0.6 is 38.9 Å². The molecule has 0 saturated heterocycles. The van der Waals surface area contributed by atoms with Crippen LogP contribution in [0.5, 0.6) is 0 Å². The zero-order valence-electron chi connectivity index (χ0n) is 11.0. The number of thiophene rings is 1. The lowest BCUT2D eigenvalue weighted by molar-refractivity contribution is 0.968. The Balaban J connectivity index is 2.06. The van der Waals surface area contributed by atoms with Gasteiger partial charge in [-0.2, -0.15) is 0 Å². The molecule has 0 N–H and O–H groups in total. The summed E-state index contributed by atoms with van der Waals surface area (Å²) < 4.78 is 2.95. The Morgan fingerprint density at radius 3 is 2.91 bits per heavy atom. The van der Waals surface area contributed by atoms with Gasteiger partial charge in [-0.15, -0.1) is 11.3 Å². The Labute approximate surface area is 142 Å². The minimum Gasteiger partial charge on any atom is -0.267 e. The van der Waals surface area contributed by atoms with Crippen molar-refractivity contribution in [1.82, 2.24) is 14.5 Å². The summed E-state index contributed by atoms with van der Waals surface area (Å²) in [6.45, 7) is 0. The molecule has 1 aromatic carbocycles. The Morgan fingerprint density at radius 2 is 2.09 bits per heavy atom. The van der Waals surface area contributed by atoms with E-state index in [0.717, 1.165) is 14.7 Å². The van der Waals surface area contributed by atoms with Crippen molar-refractivity contribution in [3.63, 3.8) is 0 Å². The van der Waals surface area contributed by atoms with Crippen LogP contribution in [0.15, 0.2) is 52.1 Å². The Morgan fingerprint density at radius 1 is 1.23 bits per heavy atom. The van der Waals surface area contributed by atoms with Gasteiger partial charge in [0, 0.05) is 21.1 Å². The molecule has 0 bridgehead atoms. The van der Waals surface area contributed by atoms with Crippen molar-refractivity contribution in [2.45, 2.75) is 0 Å². The van der Waals surface area contributed by atoms with Crippen molar-refractivity contribution in [3.8, 4) is 5.69 Å². The largest absolute Gasteiger partial charge is 0.275 e. The van der Waals surface area contributed by atoms with E-state index in [1.54, 1.807) is 24.4 Å². The van der Waals surface area contributed by atoms with E-state index in [-0.39, 0.29) is 5.56 Å². The molecule has 0 radical (unpaired) electrons. The van der Waals surface area contributed by atoms with Crippen LogP contribution in [0, 0.1) is 0 Å². The second-order valence-electron chi connectivity index (χ2n) is 4.69. The van der Waals surface area contributed by atoms with E-state index in [4.69, 9.17) is 11.6 Å². The second kappa shape index (κ2) is 5.15. The number of hydrogen-bond donors (Lipinski definition) is 0. The van der Waals surface area contributed by atoms with E-state index in [2.05, 4.69) is 25.9 Å². The molecule has 3 heterocycles. The number of benzene rings is 1. The van der Waals surface area contributed by atoms with Crippen LogP contribution < -0.4 is 5.56 Å². The zero-order valence-corrected chi connectivity index (χ0v) is 14.1. The average Bonchev–Trinajstić information content (AvgIpc) is 2.87. The van der Waals surface area contributed by atoms with Crippen LogP contribution in [-0.4, -0.2) is 14.5 Å². The summed E-state index contributed by atoms with van der Waals surface area (Å²) in [6, 6.07) is 9.06. The zero-order chi connectivity index (χ0) is 15.3. The van der Waals surface area contributed by atoms with Crippen molar-refractivity contribution in [3.05, 3.63) is 62.7 Å². The molecule has 0 amide bonds. The number of fused-ring (bicyclic) bond motifs is 3. The molecular formula is C15H7BrClN3OS. The van der Waals surface area contributed by atoms with Crippen LogP contribution in [0.1, 0.15) is 0 Å². The third kappa shape index (κ3) is 2.15. The molecule has 0 aliphatic rings. The normalized spacial score (nSPS) is 11.4. The molecular weight excluding hydrogens is 386 g/mol. The molecule has 4 aromatic rings. The van der Waals surface area contributed by atoms with Gasteiger partial charge in [0.05, 0.1) is 11.2 Å². The van der Waals surface area contributed by atoms with Gasteiger partial charge in [-0.3, -0.25) is 9.36 Å². The molecule has 0 fully saturated rings. The standard InChI is InChI=1S/C15H7BrClN3OS/c16-8-4-11-12-13(22-14(11)18-6-8)15(21)20(7-19-12)10-3-1-2-9(17)5-10/h1-7H. The van der Waals surface area contributed by atoms with Crippen LogP contribution in [-0.2, 0) is 0 Å². The summed E-state index contributed by atoms with van der Waals surface area (Å²) in [6.07, 6.45) is 3.25. The van der Waals surface area contributed by atoms with Gasteiger partial charge < -0.3 is 0 Å². The number of rotatable bonds is 1. The van der Waals surface area contributed by atoms with Crippen molar-refractivity contribution in [1.29, 1.82) is 0 Å². The monoisotopic (exact) mass is 391 g/mol. The first-order chi connectivity index (χ1) is 10.6. The van der Waals surface area contributed by atoms with Gasteiger partial charge >= 0.3 is 0 Å². The van der Waals surface area contributed by atoms with E-state index < -0.39 is 0 Å². The van der Waals surface area contributed by atoms with Crippen molar-refractivity contribution < 1.29 is 0 Å². The SMILES string of the molecule is O=c1c2sc3ncc(Br)cc3c2ncn1-c1cccc(Cl)c1. The fourth-order valence-corrected chi connectivity index (χ4v) is 3.83. The van der Waals surface area contributed by atoms with Crippen LogP contribution in [0.25, 0.3) is 26.1 Å². The lowest BCUT2D eigenvalue weighted by atomic mass is 10.3. The molecule has 7 heteroatoms. The minimum atomic E-state index is -0.119. The topological polar surface area (TPSA) is 47.8 Å². The lowest BCUT2D eigenvalue weighted by Crippen LogP contribution is -2.17. The smallest absolute Gasteiger partial charge is 0.267 e. The average molecular weight is 393 g/mol. The summed E-state index contributed by atoms with van der Waals surface area (Å²) >= 11 is 10.7. The molecule has 0 aliphatic heterocycles. The molecule has 108 valence electrons. The summed E-state index contributed by atoms with van der Waals surface area (Å²) in [5.41, 5.74) is 1.25. The molecule has 3 aromatic heterocycles. The van der Waals surface area contributed by atoms with Crippen LogP contribution in [0.2, 0.25) is 5.02 Å². The maximum absolute atomic E-state index is 12.7. The first-order valence-corrected chi connectivity index (χ1v) is 8.33. The lowest BCUT2D eigenvalue weighted by Gasteiger charge is -2.05. The van der Waals surface area contributed by atoms with Crippen molar-refractivity contribution >= 4 is 59.3 Å². The summed E-state index contributed by atoms with van der Waals surface area (Å²) in [5, 5.41) is 1.45. The highest BCUT2D eigenvalue weighted by Gasteiger charge is 2.13. The third-order valence-corrected chi connectivity index (χ3v) is 5.05. The van der Waals surface area contributed by atoms with E-state index in [1.165, 1.54) is 22.2 Å². The summed E-state index contributed by atoms with van der Waals surface area (Å²) in [4.78, 5) is 22.3. The van der Waals surface area contributed by atoms with Crippen molar-refractivity contribution in [2.75, 3.05) is 0 Å². The quantitative estimate of drug-likeness (QED) is 0.482. The van der Waals surface area contributed by atoms with E-state index in [0.29, 0.717) is 20.9 Å². The second-order valence-corrected chi connectivity index (χ2v) is 7.04. The fraction of sp³-hybridized carbons (Fsp3) is 0. The van der Waals surface area contributed by atoms with E-state index >= 15 is 0 Å². The first-order valence-electron chi connectivity index (χ1n) is 6.35. The van der Waals surface area contributed by atoms with Gasteiger partial charge in [0.2, 0.25) is 0 Å². The van der Waals surface area contributed by atoms with Gasteiger partial charge in [0.1, 0.15) is 15.9 Å². The molecule has 0 saturated carbocycles. The predicted octanol–water partition coefficient (Wildman–Crippen LogP) is 4.41. The first kappa shape index (κ1) is 13.9. The van der Waals surface area contributed by atoms with Gasteiger partial charge in [0.15, 0.2) is 0 Å². The van der Waals surface area contributed by atoms with Gasteiger partial charge in [-0.25, -0.2) is 9.97 Å². The highest BCUT2D eigenvalue weighted by molar-refractivity contribution is 9.10. The minimum absolute atomic E-state index is 0.119. The van der Waals surface area contributed by atoms with E-state index in [9.17, 15) is 4.79 Å². The van der Waals surface area contributed by atoms with Crippen LogP contribution in [0.3, 0.4) is 0 Å². The maximum Gasteiger partial charge on any atom is 0.275 e. The molecule has 0 atom stereocenters. The molecule has 22 heavy (non-hydrogen) atoms. The molecule has 0 spiro atoms. The molecule has 4 nitrogen and oxygen atoms in total. The predicted molar refractivity (Wildman–Crippen MR) is 93.2 cm³/mol. The highest BCUT2D eigenvalue weighted by Crippen LogP contribution is 2.30. The van der Waals surface area contributed by atoms with Crippen LogP contribution in [0.4, 0.5) is 0 Å². The van der Waals surface area contributed by atoms with E-state index in [1.807, 2.05) is 12.1 Å². The number of halogens is 2. The fourth-order valence-electron chi connectivity index (χ4n) is 2.31. The number of aromatic nitrogens is 3. The maximum atomic E-state index is 12.7. The Bertz CT molecular complexity index is 1090. The van der Waals surface area contributed by atoms with Crippen molar-refractivity contribution in [2.24, 2.45) is 0 Å². The van der Waals surface area contributed by atoms with Gasteiger partial charge in [-0.1, -0.05) is 17.7 Å². The summed E-state index contributed by atoms with van der Waals surface area (Å²) in [5.74, 6) is 0. The van der Waals surface area contributed by atoms with Gasteiger partial charge in [0.25, 0.3) is 5.56 Å². The molecule has 0 aliphatic carbocycles. The highest BCUT2D eigenvalue weighted by atomic mass is 79.9. The Kier molecular flexibility index (Phi) is 3.25. The van der Waals surface area contributed by atoms with Gasteiger partial charge in [-0.05, 0) is 40.2 Å². The summed E-state index contributed by atoms with van der Waals surface area (Å²) in [7, 11) is 0. The molecule has 0 unspecified atom stereocenters. The third-order valence-electron chi connectivity index (χ3n) is 3.29. The number of pyridine rings is 1. The Hall–Kier alpha value is -1.76.